The highest BCUT2D eigenvalue weighted by Gasteiger charge is 2.62. The van der Waals surface area contributed by atoms with Gasteiger partial charge in [-0.3, -0.25) is 4.79 Å². The molecule has 0 aromatic carbocycles. The number of halogens is 3. The first-order valence-corrected chi connectivity index (χ1v) is 6.85. The van der Waals surface area contributed by atoms with E-state index in [0.717, 1.165) is 5.56 Å². The predicted octanol–water partition coefficient (Wildman–Crippen LogP) is 2.25. The third-order valence-corrected chi connectivity index (χ3v) is 4.19. The molecule has 1 aromatic rings. The van der Waals surface area contributed by atoms with Crippen molar-refractivity contribution in [2.45, 2.75) is 19.1 Å². The molecule has 1 aliphatic rings. The molecule has 2 heterocycles. The van der Waals surface area contributed by atoms with Crippen LogP contribution in [-0.2, 0) is 11.3 Å². The second-order valence-electron chi connectivity index (χ2n) is 4.80. The normalized spacial score (nSPS) is 23.6. The standard InChI is InChI=1S/C12H15F3N2OS/c1-17(6-9-2-5-19-7-9)10(18)11(12(13,14)15)3-4-16-8-11/h2,5,7,16H,3-4,6,8H2,1H3. The van der Waals surface area contributed by atoms with Crippen molar-refractivity contribution < 1.29 is 18.0 Å². The molecule has 1 amide bonds. The Morgan fingerprint density at radius 2 is 2.32 bits per heavy atom. The van der Waals surface area contributed by atoms with Gasteiger partial charge >= 0.3 is 6.18 Å². The molecule has 1 unspecified atom stereocenters. The van der Waals surface area contributed by atoms with Crippen LogP contribution < -0.4 is 5.32 Å². The van der Waals surface area contributed by atoms with Crippen molar-refractivity contribution in [1.82, 2.24) is 10.2 Å². The average Bonchev–Trinajstić information content (AvgIpc) is 2.97. The van der Waals surface area contributed by atoms with E-state index >= 15 is 0 Å². The van der Waals surface area contributed by atoms with Gasteiger partial charge in [-0.05, 0) is 35.4 Å². The minimum Gasteiger partial charge on any atom is -0.341 e. The second-order valence-corrected chi connectivity index (χ2v) is 5.58. The summed E-state index contributed by atoms with van der Waals surface area (Å²) in [5.74, 6) is -0.851. The van der Waals surface area contributed by atoms with Gasteiger partial charge in [-0.15, -0.1) is 0 Å². The van der Waals surface area contributed by atoms with Crippen LogP contribution in [-0.4, -0.2) is 37.1 Å². The van der Waals surface area contributed by atoms with E-state index in [1.807, 2.05) is 16.8 Å². The highest BCUT2D eigenvalue weighted by molar-refractivity contribution is 7.07. The number of rotatable bonds is 3. The average molecular weight is 292 g/mol. The summed E-state index contributed by atoms with van der Waals surface area (Å²) in [5, 5.41) is 6.32. The van der Waals surface area contributed by atoms with Crippen LogP contribution in [0.3, 0.4) is 0 Å². The molecule has 7 heteroatoms. The Morgan fingerprint density at radius 1 is 1.58 bits per heavy atom. The maximum atomic E-state index is 13.2. The van der Waals surface area contributed by atoms with Crippen LogP contribution in [0.4, 0.5) is 13.2 Å². The summed E-state index contributed by atoms with van der Waals surface area (Å²) in [4.78, 5) is 13.4. The van der Waals surface area contributed by atoms with Crippen molar-refractivity contribution in [3.63, 3.8) is 0 Å². The van der Waals surface area contributed by atoms with E-state index in [1.165, 1.54) is 23.3 Å². The fourth-order valence-corrected chi connectivity index (χ4v) is 2.99. The van der Waals surface area contributed by atoms with Crippen molar-refractivity contribution in [1.29, 1.82) is 0 Å². The van der Waals surface area contributed by atoms with Crippen molar-refractivity contribution in [3.8, 4) is 0 Å². The van der Waals surface area contributed by atoms with Gasteiger partial charge in [-0.25, -0.2) is 0 Å². The summed E-state index contributed by atoms with van der Waals surface area (Å²) in [6, 6.07) is 1.81. The van der Waals surface area contributed by atoms with Crippen molar-refractivity contribution in [2.24, 2.45) is 5.41 Å². The van der Waals surface area contributed by atoms with Crippen molar-refractivity contribution in [3.05, 3.63) is 22.4 Å². The Kier molecular flexibility index (Phi) is 3.87. The van der Waals surface area contributed by atoms with E-state index in [0.29, 0.717) is 0 Å². The maximum Gasteiger partial charge on any atom is 0.404 e. The molecule has 1 saturated heterocycles. The molecule has 2 rings (SSSR count). The van der Waals surface area contributed by atoms with Crippen LogP contribution in [0.1, 0.15) is 12.0 Å². The van der Waals surface area contributed by atoms with E-state index in [2.05, 4.69) is 5.32 Å². The third kappa shape index (κ3) is 2.62. The molecule has 0 bridgehead atoms. The van der Waals surface area contributed by atoms with Crippen LogP contribution in [0.5, 0.6) is 0 Å². The Morgan fingerprint density at radius 3 is 2.79 bits per heavy atom. The zero-order chi connectivity index (χ0) is 14.1. The molecule has 0 radical (unpaired) electrons. The summed E-state index contributed by atoms with van der Waals surface area (Å²) < 4.78 is 39.7. The molecule has 1 N–H and O–H groups in total. The minimum atomic E-state index is -4.52. The molecule has 3 nitrogen and oxygen atoms in total. The van der Waals surface area contributed by atoms with Crippen LogP contribution in [0.25, 0.3) is 0 Å². The molecule has 106 valence electrons. The quantitative estimate of drug-likeness (QED) is 0.926. The van der Waals surface area contributed by atoms with E-state index in [1.54, 1.807) is 0 Å². The summed E-state index contributed by atoms with van der Waals surface area (Å²) in [6.07, 6.45) is -4.71. The van der Waals surface area contributed by atoms with Gasteiger partial charge in [0.1, 0.15) is 0 Å². The Hall–Kier alpha value is -1.08. The largest absolute Gasteiger partial charge is 0.404 e. The number of nitrogens with zero attached hydrogens (tertiary/aromatic N) is 1. The first-order valence-electron chi connectivity index (χ1n) is 5.91. The molecule has 1 aliphatic heterocycles. The highest BCUT2D eigenvalue weighted by Crippen LogP contribution is 2.44. The number of thiophene rings is 1. The van der Waals surface area contributed by atoms with Gasteiger partial charge in [0.15, 0.2) is 5.41 Å². The lowest BCUT2D eigenvalue weighted by Crippen LogP contribution is -2.52. The van der Waals surface area contributed by atoms with Gasteiger partial charge in [0.25, 0.3) is 0 Å². The number of hydrogen-bond donors (Lipinski definition) is 1. The van der Waals surface area contributed by atoms with E-state index in [4.69, 9.17) is 0 Å². The molecule has 19 heavy (non-hydrogen) atoms. The van der Waals surface area contributed by atoms with Gasteiger partial charge in [0.2, 0.25) is 5.91 Å². The summed E-state index contributed by atoms with van der Waals surface area (Å²) in [6.45, 7) is 0.0982. The summed E-state index contributed by atoms with van der Waals surface area (Å²) >= 11 is 1.46. The number of nitrogens with one attached hydrogen (secondary N) is 1. The number of amides is 1. The van der Waals surface area contributed by atoms with E-state index < -0.39 is 17.5 Å². The van der Waals surface area contributed by atoms with Gasteiger partial charge < -0.3 is 10.2 Å². The Bertz CT molecular complexity index is 438. The zero-order valence-corrected chi connectivity index (χ0v) is 11.3. The fraction of sp³-hybridized carbons (Fsp3) is 0.583. The lowest BCUT2D eigenvalue weighted by Gasteiger charge is -2.33. The lowest BCUT2D eigenvalue weighted by molar-refractivity contribution is -0.221. The second kappa shape index (κ2) is 5.13. The van der Waals surface area contributed by atoms with Gasteiger partial charge in [0.05, 0.1) is 0 Å². The first kappa shape index (κ1) is 14.3. The lowest BCUT2D eigenvalue weighted by atomic mass is 9.84. The van der Waals surface area contributed by atoms with Crippen LogP contribution >= 0.6 is 11.3 Å². The number of carbonyl (C=O) groups excluding carboxylic acids is 1. The fourth-order valence-electron chi connectivity index (χ4n) is 2.33. The van der Waals surface area contributed by atoms with Crippen molar-refractivity contribution in [2.75, 3.05) is 20.1 Å². The van der Waals surface area contributed by atoms with Crippen LogP contribution in [0, 0.1) is 5.41 Å². The topological polar surface area (TPSA) is 32.3 Å². The SMILES string of the molecule is CN(Cc1ccsc1)C(=O)C1(C(F)(F)F)CCNC1. The maximum absolute atomic E-state index is 13.2. The Balaban J connectivity index is 2.16. The van der Waals surface area contributed by atoms with Gasteiger partial charge in [-0.2, -0.15) is 24.5 Å². The highest BCUT2D eigenvalue weighted by atomic mass is 32.1. The molecular weight excluding hydrogens is 277 g/mol. The molecule has 1 atom stereocenters. The van der Waals surface area contributed by atoms with Crippen LogP contribution in [0.2, 0.25) is 0 Å². The zero-order valence-electron chi connectivity index (χ0n) is 10.5. The number of carbonyl (C=O) groups is 1. The van der Waals surface area contributed by atoms with Crippen LogP contribution in [0.15, 0.2) is 16.8 Å². The summed E-state index contributed by atoms with van der Waals surface area (Å²) in [5.41, 5.74) is -1.42. The number of alkyl halides is 3. The third-order valence-electron chi connectivity index (χ3n) is 3.45. The Labute approximate surface area is 113 Å². The predicted molar refractivity (Wildman–Crippen MR) is 66.8 cm³/mol. The van der Waals surface area contributed by atoms with E-state index in [-0.39, 0.29) is 26.1 Å². The molecular formula is C12H15F3N2OS. The molecule has 1 fully saturated rings. The molecule has 1 aromatic heterocycles. The first-order chi connectivity index (χ1) is 8.87. The van der Waals surface area contributed by atoms with Gasteiger partial charge in [0, 0.05) is 20.1 Å². The molecule has 0 saturated carbocycles. The van der Waals surface area contributed by atoms with Gasteiger partial charge in [-0.1, -0.05) is 0 Å². The summed E-state index contributed by atoms with van der Waals surface area (Å²) in [7, 11) is 1.42. The molecule has 0 spiro atoms. The molecule has 0 aliphatic carbocycles. The van der Waals surface area contributed by atoms with Crippen molar-refractivity contribution >= 4 is 17.2 Å². The monoisotopic (exact) mass is 292 g/mol. The smallest absolute Gasteiger partial charge is 0.341 e. The minimum absolute atomic E-state index is 0.191. The van der Waals surface area contributed by atoms with E-state index in [9.17, 15) is 18.0 Å². The number of hydrogen-bond acceptors (Lipinski definition) is 3.